The highest BCUT2D eigenvalue weighted by Crippen LogP contribution is 2.16. The van der Waals surface area contributed by atoms with E-state index in [1.165, 1.54) is 0 Å². The Morgan fingerprint density at radius 1 is 1.00 bits per heavy atom. The third kappa shape index (κ3) is 4.34. The normalized spacial score (nSPS) is 11.8. The standard InChI is InChI=1S/C12H12N2O4S/c15-19(16)18-13-14(11-7-3-1-4-8-11)17-12-9-5-2-6-10-12/h1-10,13H,(H,15,16). The number of hydrazine groups is 1. The van der Waals surface area contributed by atoms with Crippen LogP contribution in [-0.2, 0) is 15.6 Å². The van der Waals surface area contributed by atoms with Crippen LogP contribution in [0, 0.1) is 0 Å². The Morgan fingerprint density at radius 3 is 2.16 bits per heavy atom. The Bertz CT molecular complexity index is 524. The van der Waals surface area contributed by atoms with E-state index in [2.05, 4.69) is 9.87 Å². The van der Waals surface area contributed by atoms with E-state index in [1.807, 2.05) is 24.3 Å². The molecule has 0 spiro atoms. The summed E-state index contributed by atoms with van der Waals surface area (Å²) in [5.74, 6) is 0.547. The van der Waals surface area contributed by atoms with Crippen molar-refractivity contribution in [3.05, 3.63) is 60.7 Å². The Morgan fingerprint density at radius 2 is 1.58 bits per heavy atom. The second kappa shape index (κ2) is 6.86. The van der Waals surface area contributed by atoms with Gasteiger partial charge in [-0.15, -0.1) is 5.17 Å². The number of nitrogens with one attached hydrogen (secondary N) is 1. The second-order valence-corrected chi connectivity index (χ2v) is 4.03. The molecule has 0 amide bonds. The van der Waals surface area contributed by atoms with Crippen molar-refractivity contribution in [3.8, 4) is 5.75 Å². The zero-order valence-electron chi connectivity index (χ0n) is 9.80. The summed E-state index contributed by atoms with van der Waals surface area (Å²) in [5, 5.41) is 1.14. The molecule has 0 bridgehead atoms. The van der Waals surface area contributed by atoms with Gasteiger partial charge in [0.25, 0.3) is 0 Å². The summed E-state index contributed by atoms with van der Waals surface area (Å²) in [4.78, 5) is 5.50. The van der Waals surface area contributed by atoms with E-state index in [9.17, 15) is 4.21 Å². The summed E-state index contributed by atoms with van der Waals surface area (Å²) in [7, 11) is 0. The smallest absolute Gasteiger partial charge is 0.321 e. The van der Waals surface area contributed by atoms with Crippen LogP contribution >= 0.6 is 0 Å². The summed E-state index contributed by atoms with van der Waals surface area (Å²) in [5.41, 5.74) is 2.85. The molecule has 0 saturated heterocycles. The van der Waals surface area contributed by atoms with Gasteiger partial charge in [0, 0.05) is 0 Å². The number of nitrogens with zero attached hydrogens (tertiary/aromatic N) is 1. The van der Waals surface area contributed by atoms with Gasteiger partial charge in [-0.3, -0.25) is 4.55 Å². The highest BCUT2D eigenvalue weighted by atomic mass is 32.2. The van der Waals surface area contributed by atoms with Gasteiger partial charge in [0.05, 0.1) is 5.69 Å². The molecule has 2 aromatic carbocycles. The van der Waals surface area contributed by atoms with E-state index >= 15 is 0 Å². The first kappa shape index (κ1) is 13.5. The molecule has 19 heavy (non-hydrogen) atoms. The molecule has 0 aliphatic heterocycles. The minimum Gasteiger partial charge on any atom is -0.362 e. The number of anilines is 1. The van der Waals surface area contributed by atoms with Crippen molar-refractivity contribution in [2.45, 2.75) is 0 Å². The van der Waals surface area contributed by atoms with Gasteiger partial charge in [-0.1, -0.05) is 42.0 Å². The van der Waals surface area contributed by atoms with Gasteiger partial charge in [0.2, 0.25) is 0 Å². The van der Waals surface area contributed by atoms with Crippen LogP contribution in [0.1, 0.15) is 0 Å². The van der Waals surface area contributed by atoms with Crippen molar-refractivity contribution in [2.24, 2.45) is 0 Å². The molecule has 0 saturated carbocycles. The number of hydrogen-bond acceptors (Lipinski definition) is 5. The average Bonchev–Trinajstić information content (AvgIpc) is 2.45. The van der Waals surface area contributed by atoms with Crippen LogP contribution in [-0.4, -0.2) is 8.76 Å². The van der Waals surface area contributed by atoms with Crippen molar-refractivity contribution in [1.82, 2.24) is 5.59 Å². The lowest BCUT2D eigenvalue weighted by Gasteiger charge is -2.22. The van der Waals surface area contributed by atoms with Crippen LogP contribution in [0.3, 0.4) is 0 Å². The summed E-state index contributed by atoms with van der Waals surface area (Å²) < 4.78 is 23.6. The zero-order valence-corrected chi connectivity index (χ0v) is 10.6. The van der Waals surface area contributed by atoms with Crippen LogP contribution in [0.2, 0.25) is 0 Å². The van der Waals surface area contributed by atoms with Gasteiger partial charge in [0.15, 0.2) is 5.75 Å². The van der Waals surface area contributed by atoms with Gasteiger partial charge in [0.1, 0.15) is 0 Å². The van der Waals surface area contributed by atoms with Crippen molar-refractivity contribution < 1.29 is 17.9 Å². The van der Waals surface area contributed by atoms with Crippen molar-refractivity contribution in [3.63, 3.8) is 0 Å². The molecule has 6 nitrogen and oxygen atoms in total. The van der Waals surface area contributed by atoms with E-state index in [0.717, 1.165) is 5.17 Å². The molecule has 100 valence electrons. The van der Waals surface area contributed by atoms with Crippen molar-refractivity contribution >= 4 is 17.0 Å². The molecule has 2 rings (SSSR count). The summed E-state index contributed by atoms with van der Waals surface area (Å²) >= 11 is -2.45. The Labute approximate surface area is 112 Å². The topological polar surface area (TPSA) is 71.0 Å². The molecule has 0 aromatic heterocycles. The summed E-state index contributed by atoms with van der Waals surface area (Å²) in [6, 6.07) is 17.9. The maximum atomic E-state index is 10.5. The van der Waals surface area contributed by atoms with Gasteiger partial charge in [-0.2, -0.15) is 8.49 Å². The fourth-order valence-corrected chi connectivity index (χ4v) is 1.47. The largest absolute Gasteiger partial charge is 0.362 e. The zero-order chi connectivity index (χ0) is 13.5. The molecule has 1 atom stereocenters. The van der Waals surface area contributed by atoms with Gasteiger partial charge < -0.3 is 4.84 Å². The van der Waals surface area contributed by atoms with E-state index < -0.39 is 11.4 Å². The minimum atomic E-state index is -2.45. The van der Waals surface area contributed by atoms with Crippen LogP contribution in [0.15, 0.2) is 60.7 Å². The number of para-hydroxylation sites is 2. The Balaban J connectivity index is 2.12. The van der Waals surface area contributed by atoms with Gasteiger partial charge in [-0.25, -0.2) is 0 Å². The van der Waals surface area contributed by atoms with E-state index in [0.29, 0.717) is 11.4 Å². The number of benzene rings is 2. The average molecular weight is 280 g/mol. The fraction of sp³-hybridized carbons (Fsp3) is 0. The number of hydrogen-bond donors (Lipinski definition) is 2. The highest BCUT2D eigenvalue weighted by molar-refractivity contribution is 7.74. The molecule has 7 heteroatoms. The quantitative estimate of drug-likeness (QED) is 0.623. The van der Waals surface area contributed by atoms with Crippen molar-refractivity contribution in [2.75, 3.05) is 5.17 Å². The molecule has 0 fully saturated rings. The first-order valence-electron chi connectivity index (χ1n) is 5.38. The first-order valence-corrected chi connectivity index (χ1v) is 6.41. The Hall–Kier alpha value is -1.93. The SMILES string of the molecule is O=S(O)ONN(Oc1ccccc1)c1ccccc1. The van der Waals surface area contributed by atoms with E-state index in [4.69, 9.17) is 9.39 Å². The molecule has 2 aromatic rings. The van der Waals surface area contributed by atoms with E-state index in [1.54, 1.807) is 36.4 Å². The predicted molar refractivity (Wildman–Crippen MR) is 71.0 cm³/mol. The van der Waals surface area contributed by atoms with Gasteiger partial charge >= 0.3 is 11.4 Å². The third-order valence-corrected chi connectivity index (χ3v) is 2.34. The van der Waals surface area contributed by atoms with E-state index in [-0.39, 0.29) is 0 Å². The molecule has 0 heterocycles. The maximum Gasteiger partial charge on any atom is 0.321 e. The second-order valence-electron chi connectivity index (χ2n) is 3.43. The molecular formula is C12H12N2O4S. The maximum absolute atomic E-state index is 10.5. The molecule has 0 aliphatic carbocycles. The fourth-order valence-electron chi connectivity index (χ4n) is 1.34. The van der Waals surface area contributed by atoms with Crippen LogP contribution in [0.4, 0.5) is 5.69 Å². The monoisotopic (exact) mass is 280 g/mol. The molecule has 0 radical (unpaired) electrons. The van der Waals surface area contributed by atoms with Gasteiger partial charge in [-0.05, 0) is 24.3 Å². The summed E-state index contributed by atoms with van der Waals surface area (Å²) in [6.45, 7) is 0. The van der Waals surface area contributed by atoms with Crippen molar-refractivity contribution in [1.29, 1.82) is 0 Å². The molecule has 2 N–H and O–H groups in total. The lowest BCUT2D eigenvalue weighted by Crippen LogP contribution is -2.41. The predicted octanol–water partition coefficient (Wildman–Crippen LogP) is 2.06. The molecule has 1 unspecified atom stereocenters. The number of rotatable bonds is 6. The first-order chi connectivity index (χ1) is 9.25. The minimum absolute atomic E-state index is 0.547. The van der Waals surface area contributed by atoms with Crippen LogP contribution in [0.25, 0.3) is 0 Å². The molecular weight excluding hydrogens is 268 g/mol. The molecule has 0 aliphatic rings. The summed E-state index contributed by atoms with van der Waals surface area (Å²) in [6.07, 6.45) is 0. The lowest BCUT2D eigenvalue weighted by molar-refractivity contribution is 0.0887. The highest BCUT2D eigenvalue weighted by Gasteiger charge is 2.09. The lowest BCUT2D eigenvalue weighted by atomic mass is 10.3. The van der Waals surface area contributed by atoms with Crippen LogP contribution < -0.4 is 15.6 Å². The Kier molecular flexibility index (Phi) is 4.87. The van der Waals surface area contributed by atoms with Crippen LogP contribution in [0.5, 0.6) is 5.75 Å². The third-order valence-electron chi connectivity index (χ3n) is 2.12.